The second-order valence-corrected chi connectivity index (χ2v) is 10.6. The molecule has 2 heterocycles. The molecule has 4 aromatic rings. The number of sulfonamides is 1. The van der Waals surface area contributed by atoms with Crippen molar-refractivity contribution in [1.82, 2.24) is 9.61 Å². The molecule has 0 atom stereocenters. The van der Waals surface area contributed by atoms with Crippen LogP contribution < -0.4 is 10.5 Å². The zero-order valence-electron chi connectivity index (χ0n) is 19.3. The molecule has 0 radical (unpaired) electrons. The van der Waals surface area contributed by atoms with Crippen molar-refractivity contribution >= 4 is 37.9 Å². The Morgan fingerprint density at radius 2 is 1.88 bits per heavy atom. The predicted octanol–water partition coefficient (Wildman–Crippen LogP) is 4.17. The average molecular weight is 475 g/mol. The van der Waals surface area contributed by atoms with E-state index in [9.17, 15) is 13.2 Å². The van der Waals surface area contributed by atoms with Crippen LogP contribution in [0.3, 0.4) is 0 Å². The van der Waals surface area contributed by atoms with Crippen molar-refractivity contribution in [1.29, 1.82) is 0 Å². The number of benzene rings is 2. The molecule has 7 nitrogen and oxygen atoms in total. The SMILES string of the molecule is CCCS(=O)(=O)Nc1ccc2cc(-c3cnn4cccc(C#CC(C)(C)C(N)=O)c34)ccc2c1. The van der Waals surface area contributed by atoms with Gasteiger partial charge in [-0.15, -0.1) is 0 Å². The molecule has 0 saturated carbocycles. The number of pyridine rings is 1. The fourth-order valence-corrected chi connectivity index (χ4v) is 4.74. The smallest absolute Gasteiger partial charge is 0.235 e. The van der Waals surface area contributed by atoms with Gasteiger partial charge in [0, 0.05) is 17.4 Å². The van der Waals surface area contributed by atoms with Crippen molar-refractivity contribution in [2.75, 3.05) is 10.5 Å². The number of nitrogens with two attached hydrogens (primary N) is 1. The zero-order valence-corrected chi connectivity index (χ0v) is 20.1. The number of anilines is 1. The van der Waals surface area contributed by atoms with E-state index in [1.807, 2.05) is 55.6 Å². The highest BCUT2D eigenvalue weighted by molar-refractivity contribution is 7.92. The molecular formula is C26H26N4O3S. The van der Waals surface area contributed by atoms with Crippen molar-refractivity contribution < 1.29 is 13.2 Å². The van der Waals surface area contributed by atoms with Crippen LogP contribution in [0.5, 0.6) is 0 Å². The largest absolute Gasteiger partial charge is 0.368 e. The molecule has 0 aliphatic rings. The molecule has 0 bridgehead atoms. The molecule has 4 rings (SSSR count). The van der Waals surface area contributed by atoms with Crippen LogP contribution in [0.2, 0.25) is 0 Å². The van der Waals surface area contributed by atoms with E-state index in [0.29, 0.717) is 12.1 Å². The number of primary amides is 1. The van der Waals surface area contributed by atoms with Gasteiger partial charge >= 0.3 is 0 Å². The number of hydrogen-bond acceptors (Lipinski definition) is 4. The van der Waals surface area contributed by atoms with Crippen molar-refractivity contribution in [3.8, 4) is 23.0 Å². The third-order valence-corrected chi connectivity index (χ3v) is 7.06. The molecule has 0 aliphatic carbocycles. The highest BCUT2D eigenvalue weighted by atomic mass is 32.2. The zero-order chi connectivity index (χ0) is 24.5. The fraction of sp³-hybridized carbons (Fsp3) is 0.231. The summed E-state index contributed by atoms with van der Waals surface area (Å²) in [6.45, 7) is 5.22. The normalized spacial score (nSPS) is 11.9. The summed E-state index contributed by atoms with van der Waals surface area (Å²) >= 11 is 0. The Balaban J connectivity index is 1.75. The van der Waals surface area contributed by atoms with E-state index >= 15 is 0 Å². The molecule has 0 fully saturated rings. The second-order valence-electron chi connectivity index (χ2n) is 8.71. The van der Waals surface area contributed by atoms with Crippen LogP contribution in [0, 0.1) is 17.3 Å². The topological polar surface area (TPSA) is 107 Å². The molecule has 8 heteroatoms. The third kappa shape index (κ3) is 4.75. The number of nitrogens with zero attached hydrogens (tertiary/aromatic N) is 2. The summed E-state index contributed by atoms with van der Waals surface area (Å²) in [5, 5.41) is 6.35. The maximum atomic E-state index is 12.1. The Hall–Kier alpha value is -3.83. The van der Waals surface area contributed by atoms with Crippen LogP contribution >= 0.6 is 0 Å². The maximum absolute atomic E-state index is 12.1. The Morgan fingerprint density at radius 3 is 2.62 bits per heavy atom. The van der Waals surface area contributed by atoms with Gasteiger partial charge in [0.05, 0.1) is 23.0 Å². The summed E-state index contributed by atoms with van der Waals surface area (Å²) in [5.41, 5.74) is 8.47. The van der Waals surface area contributed by atoms with E-state index in [1.54, 1.807) is 30.6 Å². The third-order valence-electron chi connectivity index (χ3n) is 5.56. The van der Waals surface area contributed by atoms with Crippen molar-refractivity contribution in [2.45, 2.75) is 27.2 Å². The van der Waals surface area contributed by atoms with E-state index in [-0.39, 0.29) is 5.75 Å². The Labute approximate surface area is 199 Å². The van der Waals surface area contributed by atoms with Gasteiger partial charge in [-0.1, -0.05) is 37.0 Å². The summed E-state index contributed by atoms with van der Waals surface area (Å²) < 4.78 is 28.6. The quantitative estimate of drug-likeness (QED) is 0.409. The molecule has 1 amide bonds. The number of fused-ring (bicyclic) bond motifs is 2. The predicted molar refractivity (Wildman–Crippen MR) is 136 cm³/mol. The number of nitrogens with one attached hydrogen (secondary N) is 1. The molecule has 0 unspecified atom stereocenters. The standard InChI is InChI=1S/C26H26N4O3S/c1-4-14-34(32,33)29-22-10-9-19-15-21(8-7-20(19)16-22)23-17-28-30-13-5-6-18(24(23)30)11-12-26(2,3)25(27)31/h5-10,13,15-17,29H,4,14H2,1-3H3,(H2,27,31). The summed E-state index contributed by atoms with van der Waals surface area (Å²) in [5.74, 6) is 5.69. The van der Waals surface area contributed by atoms with Crippen molar-refractivity contribution in [3.05, 3.63) is 66.5 Å². The van der Waals surface area contributed by atoms with Gasteiger partial charge in [0.15, 0.2) is 0 Å². The molecule has 2 aromatic carbocycles. The minimum absolute atomic E-state index is 0.0839. The van der Waals surface area contributed by atoms with Gasteiger partial charge in [-0.2, -0.15) is 5.10 Å². The molecule has 0 aliphatic heterocycles. The van der Waals surface area contributed by atoms with Gasteiger partial charge < -0.3 is 5.73 Å². The minimum Gasteiger partial charge on any atom is -0.368 e. The van der Waals surface area contributed by atoms with Crippen LogP contribution in [0.1, 0.15) is 32.8 Å². The first-order valence-electron chi connectivity index (χ1n) is 10.9. The van der Waals surface area contributed by atoms with Gasteiger partial charge in [0.25, 0.3) is 0 Å². The van der Waals surface area contributed by atoms with Crippen LogP contribution in [-0.2, 0) is 14.8 Å². The summed E-state index contributed by atoms with van der Waals surface area (Å²) in [6, 6.07) is 15.2. The molecule has 34 heavy (non-hydrogen) atoms. The van der Waals surface area contributed by atoms with E-state index < -0.39 is 21.3 Å². The van der Waals surface area contributed by atoms with Gasteiger partial charge in [0.1, 0.15) is 5.41 Å². The molecule has 3 N–H and O–H groups in total. The lowest BCUT2D eigenvalue weighted by atomic mass is 9.93. The van der Waals surface area contributed by atoms with Crippen LogP contribution in [0.25, 0.3) is 27.4 Å². The van der Waals surface area contributed by atoms with Crippen LogP contribution in [-0.4, -0.2) is 29.7 Å². The number of hydrogen-bond donors (Lipinski definition) is 2. The highest BCUT2D eigenvalue weighted by Crippen LogP contribution is 2.31. The van der Waals surface area contributed by atoms with Gasteiger partial charge in [0.2, 0.25) is 15.9 Å². The van der Waals surface area contributed by atoms with Gasteiger partial charge in [-0.05, 0) is 66.9 Å². The number of amides is 1. The molecule has 0 saturated heterocycles. The molecule has 174 valence electrons. The summed E-state index contributed by atoms with van der Waals surface area (Å²) in [7, 11) is -3.35. The van der Waals surface area contributed by atoms with Crippen LogP contribution in [0.4, 0.5) is 5.69 Å². The monoisotopic (exact) mass is 474 g/mol. The Kier molecular flexibility index (Phi) is 6.07. The van der Waals surface area contributed by atoms with Crippen molar-refractivity contribution in [2.24, 2.45) is 11.1 Å². The number of aromatic nitrogens is 2. The van der Waals surface area contributed by atoms with Gasteiger partial charge in [-0.25, -0.2) is 12.9 Å². The van der Waals surface area contributed by atoms with E-state index in [1.165, 1.54) is 0 Å². The van der Waals surface area contributed by atoms with Crippen LogP contribution in [0.15, 0.2) is 60.9 Å². The lowest BCUT2D eigenvalue weighted by Gasteiger charge is -2.11. The minimum atomic E-state index is -3.35. The molecular weight excluding hydrogens is 448 g/mol. The maximum Gasteiger partial charge on any atom is 0.235 e. The number of carbonyl (C=O) groups is 1. The molecule has 2 aromatic heterocycles. The highest BCUT2D eigenvalue weighted by Gasteiger charge is 2.22. The van der Waals surface area contributed by atoms with Crippen molar-refractivity contribution in [3.63, 3.8) is 0 Å². The lowest BCUT2D eigenvalue weighted by Crippen LogP contribution is -2.29. The summed E-state index contributed by atoms with van der Waals surface area (Å²) in [4.78, 5) is 11.7. The van der Waals surface area contributed by atoms with Gasteiger partial charge in [-0.3, -0.25) is 9.52 Å². The Bertz CT molecular complexity index is 1570. The van der Waals surface area contributed by atoms with E-state index in [4.69, 9.17) is 5.73 Å². The first-order chi connectivity index (χ1) is 16.1. The second kappa shape index (κ2) is 8.84. The Morgan fingerprint density at radius 1 is 1.15 bits per heavy atom. The summed E-state index contributed by atoms with van der Waals surface area (Å²) in [6.07, 6.45) is 4.19. The lowest BCUT2D eigenvalue weighted by molar-refractivity contribution is -0.123. The first kappa shape index (κ1) is 23.3. The number of rotatable bonds is 6. The van der Waals surface area contributed by atoms with E-state index in [0.717, 1.165) is 33.0 Å². The molecule has 0 spiro atoms. The average Bonchev–Trinajstić information content (AvgIpc) is 3.22. The van der Waals surface area contributed by atoms with E-state index in [2.05, 4.69) is 21.7 Å². The number of carbonyl (C=O) groups excluding carboxylic acids is 1. The first-order valence-corrected chi connectivity index (χ1v) is 12.6. The fourth-order valence-electron chi connectivity index (χ4n) is 3.62.